The van der Waals surface area contributed by atoms with Crippen LogP contribution in [0.5, 0.6) is 0 Å². The number of carboxylic acid groups (broad SMARTS) is 1. The second kappa shape index (κ2) is 5.18. The van der Waals surface area contributed by atoms with E-state index in [0.717, 1.165) is 0 Å². The van der Waals surface area contributed by atoms with Gasteiger partial charge in [-0.05, 0) is 17.7 Å². The number of furan rings is 1. The Labute approximate surface area is 103 Å². The highest BCUT2D eigenvalue weighted by Gasteiger charge is 2.23. The third-order valence-electron chi connectivity index (χ3n) is 2.40. The lowest BCUT2D eigenvalue weighted by molar-refractivity contribution is -0.139. The van der Waals surface area contributed by atoms with Crippen molar-refractivity contribution in [1.82, 2.24) is 5.32 Å². The first kappa shape index (κ1) is 11.9. The highest BCUT2D eigenvalue weighted by atomic mass is 16.4. The molecule has 0 saturated carbocycles. The Hall–Kier alpha value is -2.56. The number of hydrogen-bond acceptors (Lipinski definition) is 3. The lowest BCUT2D eigenvalue weighted by Crippen LogP contribution is -2.33. The monoisotopic (exact) mass is 245 g/mol. The quantitative estimate of drug-likeness (QED) is 0.861. The SMILES string of the molecule is O=C(N[C@@H](C(=O)O)c1ccccc1)c1ccco1. The molecule has 1 heterocycles. The third-order valence-corrected chi connectivity index (χ3v) is 2.40. The van der Waals surface area contributed by atoms with Crippen LogP contribution in [0.4, 0.5) is 0 Å². The van der Waals surface area contributed by atoms with E-state index in [4.69, 9.17) is 9.52 Å². The molecule has 0 aliphatic heterocycles. The highest BCUT2D eigenvalue weighted by Crippen LogP contribution is 2.13. The predicted molar refractivity (Wildman–Crippen MR) is 63.0 cm³/mol. The van der Waals surface area contributed by atoms with Gasteiger partial charge in [0.2, 0.25) is 0 Å². The summed E-state index contributed by atoms with van der Waals surface area (Å²) in [6.07, 6.45) is 1.35. The molecule has 0 bridgehead atoms. The molecule has 2 N–H and O–H groups in total. The molecule has 0 radical (unpaired) electrons. The van der Waals surface area contributed by atoms with Gasteiger partial charge in [0.05, 0.1) is 6.26 Å². The van der Waals surface area contributed by atoms with Crippen LogP contribution in [-0.2, 0) is 4.79 Å². The van der Waals surface area contributed by atoms with E-state index in [9.17, 15) is 9.59 Å². The Morgan fingerprint density at radius 1 is 1.11 bits per heavy atom. The molecule has 1 atom stereocenters. The molecule has 1 amide bonds. The fraction of sp³-hybridized carbons (Fsp3) is 0.0769. The largest absolute Gasteiger partial charge is 0.479 e. The van der Waals surface area contributed by atoms with Crippen LogP contribution >= 0.6 is 0 Å². The summed E-state index contributed by atoms with van der Waals surface area (Å²) in [7, 11) is 0. The smallest absolute Gasteiger partial charge is 0.330 e. The van der Waals surface area contributed by atoms with Crippen LogP contribution in [-0.4, -0.2) is 17.0 Å². The lowest BCUT2D eigenvalue weighted by Gasteiger charge is -2.13. The second-order valence-corrected chi connectivity index (χ2v) is 3.63. The summed E-state index contributed by atoms with van der Waals surface area (Å²) >= 11 is 0. The molecular weight excluding hydrogens is 234 g/mol. The zero-order chi connectivity index (χ0) is 13.0. The molecule has 1 aromatic carbocycles. The van der Waals surface area contributed by atoms with E-state index >= 15 is 0 Å². The number of rotatable bonds is 4. The van der Waals surface area contributed by atoms with Crippen molar-refractivity contribution in [3.8, 4) is 0 Å². The van der Waals surface area contributed by atoms with Gasteiger partial charge in [-0.3, -0.25) is 4.79 Å². The zero-order valence-electron chi connectivity index (χ0n) is 9.37. The van der Waals surface area contributed by atoms with E-state index in [2.05, 4.69) is 5.32 Å². The molecule has 2 aromatic rings. The molecule has 1 aromatic heterocycles. The Bertz CT molecular complexity index is 533. The van der Waals surface area contributed by atoms with Crippen molar-refractivity contribution >= 4 is 11.9 Å². The maximum Gasteiger partial charge on any atom is 0.330 e. The van der Waals surface area contributed by atoms with Crippen molar-refractivity contribution in [2.75, 3.05) is 0 Å². The molecule has 0 saturated heterocycles. The summed E-state index contributed by atoms with van der Waals surface area (Å²) in [6, 6.07) is 10.4. The minimum atomic E-state index is -1.12. The number of carbonyl (C=O) groups excluding carboxylic acids is 1. The van der Waals surface area contributed by atoms with Gasteiger partial charge in [0.15, 0.2) is 11.8 Å². The summed E-state index contributed by atoms with van der Waals surface area (Å²) in [6.45, 7) is 0. The van der Waals surface area contributed by atoms with Gasteiger partial charge in [-0.1, -0.05) is 30.3 Å². The predicted octanol–water partition coefficient (Wildman–Crippen LogP) is 1.84. The molecule has 0 fully saturated rings. The average molecular weight is 245 g/mol. The summed E-state index contributed by atoms with van der Waals surface area (Å²) in [5, 5.41) is 11.5. The average Bonchev–Trinajstić information content (AvgIpc) is 2.90. The topological polar surface area (TPSA) is 79.5 Å². The molecule has 0 aliphatic carbocycles. The molecule has 0 spiro atoms. The van der Waals surface area contributed by atoms with E-state index in [-0.39, 0.29) is 5.76 Å². The van der Waals surface area contributed by atoms with Crippen molar-refractivity contribution in [3.05, 3.63) is 60.1 Å². The minimum absolute atomic E-state index is 0.0807. The van der Waals surface area contributed by atoms with Crippen molar-refractivity contribution in [2.24, 2.45) is 0 Å². The molecule has 0 aliphatic rings. The van der Waals surface area contributed by atoms with Crippen LogP contribution in [0, 0.1) is 0 Å². The molecule has 5 nitrogen and oxygen atoms in total. The van der Waals surface area contributed by atoms with Crippen LogP contribution < -0.4 is 5.32 Å². The van der Waals surface area contributed by atoms with E-state index in [1.54, 1.807) is 36.4 Å². The Morgan fingerprint density at radius 2 is 1.83 bits per heavy atom. The highest BCUT2D eigenvalue weighted by molar-refractivity contribution is 5.94. The fourth-order valence-electron chi connectivity index (χ4n) is 1.54. The summed E-state index contributed by atoms with van der Waals surface area (Å²) in [5.41, 5.74) is 0.505. The van der Waals surface area contributed by atoms with Crippen molar-refractivity contribution < 1.29 is 19.1 Å². The molecule has 18 heavy (non-hydrogen) atoms. The number of hydrogen-bond donors (Lipinski definition) is 2. The first-order valence-corrected chi connectivity index (χ1v) is 5.30. The molecular formula is C13H11NO4. The summed E-state index contributed by atoms with van der Waals surface area (Å²) in [5.74, 6) is -1.60. The Kier molecular flexibility index (Phi) is 3.43. The third kappa shape index (κ3) is 2.57. The number of carboxylic acids is 1. The van der Waals surface area contributed by atoms with E-state index < -0.39 is 17.9 Å². The zero-order valence-corrected chi connectivity index (χ0v) is 9.37. The summed E-state index contributed by atoms with van der Waals surface area (Å²) in [4.78, 5) is 22.9. The summed E-state index contributed by atoms with van der Waals surface area (Å²) < 4.78 is 4.91. The van der Waals surface area contributed by atoms with Crippen molar-refractivity contribution in [1.29, 1.82) is 0 Å². The number of aliphatic carboxylic acids is 1. The first-order chi connectivity index (χ1) is 8.68. The van der Waals surface area contributed by atoms with E-state index in [1.807, 2.05) is 0 Å². The van der Waals surface area contributed by atoms with Gasteiger partial charge < -0.3 is 14.8 Å². The van der Waals surface area contributed by atoms with Gasteiger partial charge in [-0.15, -0.1) is 0 Å². The van der Waals surface area contributed by atoms with Crippen molar-refractivity contribution in [3.63, 3.8) is 0 Å². The van der Waals surface area contributed by atoms with E-state index in [0.29, 0.717) is 5.56 Å². The minimum Gasteiger partial charge on any atom is -0.479 e. The molecule has 92 valence electrons. The Morgan fingerprint density at radius 3 is 2.39 bits per heavy atom. The lowest BCUT2D eigenvalue weighted by atomic mass is 10.1. The van der Waals surface area contributed by atoms with E-state index in [1.165, 1.54) is 12.3 Å². The van der Waals surface area contributed by atoms with Crippen LogP contribution in [0.15, 0.2) is 53.1 Å². The standard InChI is InChI=1S/C13H11NO4/c15-12(10-7-4-8-18-10)14-11(13(16)17)9-5-2-1-3-6-9/h1-8,11H,(H,14,15)(H,16,17)/t11-/m1/s1. The van der Waals surface area contributed by atoms with Crippen LogP contribution in [0.1, 0.15) is 22.2 Å². The van der Waals surface area contributed by atoms with Gasteiger partial charge >= 0.3 is 5.97 Å². The number of carbonyl (C=O) groups is 2. The number of benzene rings is 1. The number of nitrogens with one attached hydrogen (secondary N) is 1. The van der Waals surface area contributed by atoms with Gasteiger partial charge in [0, 0.05) is 0 Å². The second-order valence-electron chi connectivity index (χ2n) is 3.63. The van der Waals surface area contributed by atoms with Crippen LogP contribution in [0.3, 0.4) is 0 Å². The van der Waals surface area contributed by atoms with Crippen LogP contribution in [0.25, 0.3) is 0 Å². The molecule has 5 heteroatoms. The van der Waals surface area contributed by atoms with Gasteiger partial charge in [-0.2, -0.15) is 0 Å². The van der Waals surface area contributed by atoms with Gasteiger partial charge in [0.25, 0.3) is 5.91 Å². The van der Waals surface area contributed by atoms with Gasteiger partial charge in [0.1, 0.15) is 0 Å². The number of amides is 1. The maximum absolute atomic E-state index is 11.7. The first-order valence-electron chi connectivity index (χ1n) is 5.30. The normalized spacial score (nSPS) is 11.8. The Balaban J connectivity index is 2.18. The fourth-order valence-corrected chi connectivity index (χ4v) is 1.54. The maximum atomic E-state index is 11.7. The van der Waals surface area contributed by atoms with Crippen molar-refractivity contribution in [2.45, 2.75) is 6.04 Å². The molecule has 0 unspecified atom stereocenters. The molecule has 2 rings (SSSR count). The van der Waals surface area contributed by atoms with Gasteiger partial charge in [-0.25, -0.2) is 4.79 Å². The van der Waals surface area contributed by atoms with Crippen LogP contribution in [0.2, 0.25) is 0 Å².